The lowest BCUT2D eigenvalue weighted by molar-refractivity contribution is -0.140. The molecule has 4 nitrogen and oxygen atoms in total. The van der Waals surface area contributed by atoms with Crippen LogP contribution in [-0.2, 0) is 9.53 Å². The monoisotopic (exact) mass is 240 g/mol. The molecular weight excluding hydrogens is 216 g/mol. The molecule has 0 saturated carbocycles. The van der Waals surface area contributed by atoms with E-state index in [1.54, 1.807) is 0 Å². The predicted molar refractivity (Wildman–Crippen MR) is 66.5 cm³/mol. The first-order chi connectivity index (χ1) is 8.18. The summed E-state index contributed by atoms with van der Waals surface area (Å²) < 4.78 is 5.31. The zero-order valence-electron chi connectivity index (χ0n) is 10.7. The smallest absolute Gasteiger partial charge is 0.225 e. The van der Waals surface area contributed by atoms with E-state index in [-0.39, 0.29) is 12.0 Å². The van der Waals surface area contributed by atoms with Crippen molar-refractivity contribution in [2.45, 2.75) is 38.6 Å². The van der Waals surface area contributed by atoms with E-state index in [4.69, 9.17) is 10.5 Å². The maximum atomic E-state index is 12.4. The predicted octanol–water partition coefficient (Wildman–Crippen LogP) is 0.999. The molecule has 0 spiro atoms. The van der Waals surface area contributed by atoms with Gasteiger partial charge >= 0.3 is 0 Å². The second kappa shape index (κ2) is 5.83. The summed E-state index contributed by atoms with van der Waals surface area (Å²) in [6.07, 6.45) is 4.03. The quantitative estimate of drug-likeness (QED) is 0.783. The van der Waals surface area contributed by atoms with E-state index in [1.807, 2.05) is 11.8 Å². The van der Waals surface area contributed by atoms with Gasteiger partial charge in [-0.25, -0.2) is 0 Å². The molecule has 2 rings (SSSR count). The molecule has 4 heteroatoms. The van der Waals surface area contributed by atoms with Crippen LogP contribution in [0.2, 0.25) is 0 Å². The van der Waals surface area contributed by atoms with Crippen LogP contribution < -0.4 is 5.73 Å². The lowest BCUT2D eigenvalue weighted by Crippen LogP contribution is -2.47. The SMILES string of the molecule is CC(N)C1CCCN(C(=O)C2CCOCC2)C1. The van der Waals surface area contributed by atoms with Crippen LogP contribution in [0, 0.1) is 11.8 Å². The van der Waals surface area contributed by atoms with E-state index >= 15 is 0 Å². The van der Waals surface area contributed by atoms with Gasteiger partial charge < -0.3 is 15.4 Å². The number of piperidine rings is 1. The Morgan fingerprint density at radius 1 is 1.35 bits per heavy atom. The van der Waals surface area contributed by atoms with E-state index in [2.05, 4.69) is 0 Å². The van der Waals surface area contributed by atoms with E-state index < -0.39 is 0 Å². The summed E-state index contributed by atoms with van der Waals surface area (Å²) in [4.78, 5) is 14.4. The van der Waals surface area contributed by atoms with Gasteiger partial charge in [-0.15, -0.1) is 0 Å². The lowest BCUT2D eigenvalue weighted by atomic mass is 9.90. The Hall–Kier alpha value is -0.610. The van der Waals surface area contributed by atoms with Gasteiger partial charge in [0.05, 0.1) is 0 Å². The van der Waals surface area contributed by atoms with Gasteiger partial charge in [0.15, 0.2) is 0 Å². The third-order valence-corrected chi connectivity index (χ3v) is 4.08. The van der Waals surface area contributed by atoms with Crippen LogP contribution in [0.3, 0.4) is 0 Å². The van der Waals surface area contributed by atoms with Gasteiger partial charge in [-0.1, -0.05) is 0 Å². The minimum atomic E-state index is 0.190. The summed E-state index contributed by atoms with van der Waals surface area (Å²) in [6, 6.07) is 0.195. The number of nitrogens with two attached hydrogens (primary N) is 1. The average Bonchev–Trinajstić information content (AvgIpc) is 2.39. The van der Waals surface area contributed by atoms with Crippen LogP contribution in [0.15, 0.2) is 0 Å². The number of ether oxygens (including phenoxy) is 1. The van der Waals surface area contributed by atoms with Crippen LogP contribution >= 0.6 is 0 Å². The molecule has 2 unspecified atom stereocenters. The fraction of sp³-hybridized carbons (Fsp3) is 0.923. The molecule has 2 heterocycles. The molecule has 0 aromatic rings. The molecule has 0 aromatic carbocycles. The second-order valence-electron chi connectivity index (χ2n) is 5.43. The Kier molecular flexibility index (Phi) is 4.40. The maximum Gasteiger partial charge on any atom is 0.225 e. The van der Waals surface area contributed by atoms with Crippen LogP contribution in [0.25, 0.3) is 0 Å². The van der Waals surface area contributed by atoms with Gasteiger partial charge in [0, 0.05) is 38.3 Å². The molecule has 17 heavy (non-hydrogen) atoms. The van der Waals surface area contributed by atoms with Crippen molar-refractivity contribution in [2.24, 2.45) is 17.6 Å². The molecule has 98 valence electrons. The van der Waals surface area contributed by atoms with Crippen LogP contribution in [-0.4, -0.2) is 43.2 Å². The highest BCUT2D eigenvalue weighted by Gasteiger charge is 2.30. The van der Waals surface area contributed by atoms with Gasteiger partial charge in [-0.05, 0) is 38.5 Å². The number of hydrogen-bond acceptors (Lipinski definition) is 3. The Morgan fingerprint density at radius 2 is 2.06 bits per heavy atom. The number of carbonyl (C=O) groups is 1. The second-order valence-corrected chi connectivity index (χ2v) is 5.43. The van der Waals surface area contributed by atoms with Crippen molar-refractivity contribution in [2.75, 3.05) is 26.3 Å². The van der Waals surface area contributed by atoms with E-state index in [1.165, 1.54) is 0 Å². The number of amides is 1. The molecule has 0 bridgehead atoms. The molecule has 2 aliphatic rings. The van der Waals surface area contributed by atoms with Crippen LogP contribution in [0.4, 0.5) is 0 Å². The van der Waals surface area contributed by atoms with Gasteiger partial charge in [0.2, 0.25) is 5.91 Å². The van der Waals surface area contributed by atoms with Gasteiger partial charge in [0.1, 0.15) is 0 Å². The molecule has 2 N–H and O–H groups in total. The maximum absolute atomic E-state index is 12.4. The Bertz CT molecular complexity index is 262. The molecule has 1 amide bonds. The summed E-state index contributed by atoms with van der Waals surface area (Å²) >= 11 is 0. The molecular formula is C13H24N2O2. The van der Waals surface area contributed by atoms with Crippen molar-refractivity contribution in [3.05, 3.63) is 0 Å². The topological polar surface area (TPSA) is 55.6 Å². The zero-order chi connectivity index (χ0) is 12.3. The third-order valence-electron chi connectivity index (χ3n) is 4.08. The number of rotatable bonds is 2. The first-order valence-corrected chi connectivity index (χ1v) is 6.80. The van der Waals surface area contributed by atoms with Gasteiger partial charge in [0.25, 0.3) is 0 Å². The number of nitrogens with zero attached hydrogens (tertiary/aromatic N) is 1. The van der Waals surface area contributed by atoms with Crippen molar-refractivity contribution in [3.8, 4) is 0 Å². The highest BCUT2D eigenvalue weighted by atomic mass is 16.5. The highest BCUT2D eigenvalue weighted by molar-refractivity contribution is 5.79. The fourth-order valence-electron chi connectivity index (χ4n) is 2.84. The number of hydrogen-bond donors (Lipinski definition) is 1. The van der Waals surface area contributed by atoms with Crippen molar-refractivity contribution < 1.29 is 9.53 Å². The summed E-state index contributed by atoms with van der Waals surface area (Å²) in [7, 11) is 0. The normalized spacial score (nSPS) is 29.1. The summed E-state index contributed by atoms with van der Waals surface area (Å²) in [5, 5.41) is 0. The van der Waals surface area contributed by atoms with Crippen LogP contribution in [0.5, 0.6) is 0 Å². The first kappa shape index (κ1) is 12.8. The van der Waals surface area contributed by atoms with Crippen molar-refractivity contribution in [3.63, 3.8) is 0 Å². The Balaban J connectivity index is 1.89. The van der Waals surface area contributed by atoms with Crippen LogP contribution in [0.1, 0.15) is 32.6 Å². The summed E-state index contributed by atoms with van der Waals surface area (Å²) in [5.74, 6) is 1.00. The van der Waals surface area contributed by atoms with Crippen molar-refractivity contribution >= 4 is 5.91 Å². The zero-order valence-corrected chi connectivity index (χ0v) is 10.7. The minimum Gasteiger partial charge on any atom is -0.381 e. The first-order valence-electron chi connectivity index (χ1n) is 6.80. The largest absolute Gasteiger partial charge is 0.381 e. The van der Waals surface area contributed by atoms with E-state index in [0.29, 0.717) is 11.8 Å². The summed E-state index contributed by atoms with van der Waals surface area (Å²) in [6.45, 7) is 5.29. The van der Waals surface area contributed by atoms with Crippen molar-refractivity contribution in [1.82, 2.24) is 4.90 Å². The van der Waals surface area contributed by atoms with Gasteiger partial charge in [-0.2, -0.15) is 0 Å². The van der Waals surface area contributed by atoms with Crippen molar-refractivity contribution in [1.29, 1.82) is 0 Å². The Labute approximate surface area is 103 Å². The standard InChI is InChI=1S/C13H24N2O2/c1-10(14)12-3-2-6-15(9-12)13(16)11-4-7-17-8-5-11/h10-12H,2-9,14H2,1H3. The molecule has 0 radical (unpaired) electrons. The molecule has 2 aliphatic heterocycles. The fourth-order valence-corrected chi connectivity index (χ4v) is 2.84. The molecule has 0 aliphatic carbocycles. The van der Waals surface area contributed by atoms with Gasteiger partial charge in [-0.3, -0.25) is 4.79 Å². The molecule has 0 aromatic heterocycles. The minimum absolute atomic E-state index is 0.190. The Morgan fingerprint density at radius 3 is 2.71 bits per heavy atom. The molecule has 2 fully saturated rings. The molecule has 2 saturated heterocycles. The number of likely N-dealkylation sites (tertiary alicyclic amines) is 1. The lowest BCUT2D eigenvalue weighted by Gasteiger charge is -2.37. The average molecular weight is 240 g/mol. The number of carbonyl (C=O) groups excluding carboxylic acids is 1. The summed E-state index contributed by atoms with van der Waals surface area (Å²) in [5.41, 5.74) is 5.95. The highest BCUT2D eigenvalue weighted by Crippen LogP contribution is 2.23. The van der Waals surface area contributed by atoms with E-state index in [9.17, 15) is 4.79 Å². The van der Waals surface area contributed by atoms with E-state index in [0.717, 1.165) is 52.0 Å². The third kappa shape index (κ3) is 3.19. The molecule has 2 atom stereocenters.